The van der Waals surface area contributed by atoms with E-state index in [1.54, 1.807) is 0 Å². The zero-order valence-electron chi connectivity index (χ0n) is 11.8. The van der Waals surface area contributed by atoms with E-state index >= 15 is 0 Å². The van der Waals surface area contributed by atoms with Gasteiger partial charge in [-0.25, -0.2) is 13.6 Å². The van der Waals surface area contributed by atoms with Gasteiger partial charge in [0.1, 0.15) is 11.6 Å². The highest BCUT2D eigenvalue weighted by atomic mass is 79.9. The molecule has 3 nitrogen and oxygen atoms in total. The van der Waals surface area contributed by atoms with Crippen molar-refractivity contribution < 1.29 is 23.1 Å². The first-order valence-corrected chi connectivity index (χ1v) is 7.33. The molecule has 0 bridgehead atoms. The van der Waals surface area contributed by atoms with Gasteiger partial charge < -0.3 is 4.74 Å². The number of hydrogen-bond acceptors (Lipinski definition) is 3. The maximum Gasteiger partial charge on any atom is 0.331 e. The van der Waals surface area contributed by atoms with Gasteiger partial charge >= 0.3 is 5.97 Å². The highest BCUT2D eigenvalue weighted by molar-refractivity contribution is 9.10. The Labute approximate surface area is 139 Å². The van der Waals surface area contributed by atoms with Crippen molar-refractivity contribution >= 4 is 33.8 Å². The third kappa shape index (κ3) is 5.10. The molecule has 0 amide bonds. The number of carbonyl (C=O) groups excluding carboxylic acids is 2. The second-order valence-corrected chi connectivity index (χ2v) is 5.45. The number of halogens is 3. The van der Waals surface area contributed by atoms with Gasteiger partial charge in [0.15, 0.2) is 12.4 Å². The first-order valence-electron chi connectivity index (χ1n) is 6.54. The minimum atomic E-state index is -0.778. The molecule has 0 aliphatic heterocycles. The van der Waals surface area contributed by atoms with Gasteiger partial charge in [-0.2, -0.15) is 0 Å². The molecular formula is C17H11BrF2O3. The van der Waals surface area contributed by atoms with Crippen LogP contribution in [-0.2, 0) is 9.53 Å². The van der Waals surface area contributed by atoms with E-state index < -0.39 is 30.0 Å². The Bertz CT molecular complexity index is 755. The van der Waals surface area contributed by atoms with Crippen LogP contribution in [0.3, 0.4) is 0 Å². The summed E-state index contributed by atoms with van der Waals surface area (Å²) in [5.74, 6) is -2.18. The lowest BCUT2D eigenvalue weighted by Crippen LogP contribution is -2.12. The van der Waals surface area contributed by atoms with Crippen LogP contribution < -0.4 is 0 Å². The smallest absolute Gasteiger partial charge is 0.331 e. The molecule has 2 aromatic carbocycles. The molecule has 118 valence electrons. The van der Waals surface area contributed by atoms with Crippen LogP contribution in [0.15, 0.2) is 53.0 Å². The van der Waals surface area contributed by atoms with E-state index in [0.717, 1.165) is 18.2 Å². The average Bonchev–Trinajstić information content (AvgIpc) is 2.54. The highest BCUT2D eigenvalue weighted by Gasteiger charge is 2.08. The molecule has 0 aliphatic rings. The Morgan fingerprint density at radius 3 is 2.48 bits per heavy atom. The normalized spacial score (nSPS) is 10.7. The van der Waals surface area contributed by atoms with Gasteiger partial charge in [-0.3, -0.25) is 4.79 Å². The monoisotopic (exact) mass is 380 g/mol. The fourth-order valence-electron chi connectivity index (χ4n) is 1.70. The molecule has 0 atom stereocenters. The number of hydrogen-bond donors (Lipinski definition) is 0. The number of rotatable bonds is 5. The molecule has 0 heterocycles. The van der Waals surface area contributed by atoms with E-state index in [9.17, 15) is 18.4 Å². The Hall–Kier alpha value is -2.34. The standard InChI is InChI=1S/C17H11BrF2O3/c18-13-4-7-15(20)12(9-13)3-8-17(22)23-10-16(21)11-1-5-14(19)6-2-11/h1-9H,10H2/b8-3+. The zero-order chi connectivity index (χ0) is 16.8. The van der Waals surface area contributed by atoms with E-state index in [1.807, 2.05) is 0 Å². The molecular weight excluding hydrogens is 370 g/mol. The van der Waals surface area contributed by atoms with Crippen LogP contribution in [0.2, 0.25) is 0 Å². The molecule has 2 rings (SSSR count). The van der Waals surface area contributed by atoms with Gasteiger partial charge in [-0.1, -0.05) is 15.9 Å². The fraction of sp³-hybridized carbons (Fsp3) is 0.0588. The quantitative estimate of drug-likeness (QED) is 0.444. The third-order valence-electron chi connectivity index (χ3n) is 2.87. The number of Topliss-reactive ketones (excluding diaryl/α,β-unsaturated/α-hetero) is 1. The van der Waals surface area contributed by atoms with Crippen LogP contribution in [0.5, 0.6) is 0 Å². The summed E-state index contributed by atoms with van der Waals surface area (Å²) < 4.78 is 31.7. The summed E-state index contributed by atoms with van der Waals surface area (Å²) in [7, 11) is 0. The highest BCUT2D eigenvalue weighted by Crippen LogP contribution is 2.16. The predicted molar refractivity (Wildman–Crippen MR) is 84.8 cm³/mol. The maximum absolute atomic E-state index is 13.5. The Kier molecular flexibility index (Phi) is 5.76. The number of benzene rings is 2. The minimum absolute atomic E-state index is 0.209. The zero-order valence-corrected chi connectivity index (χ0v) is 13.3. The molecule has 0 N–H and O–H groups in total. The van der Waals surface area contributed by atoms with Crippen LogP contribution in [0.1, 0.15) is 15.9 Å². The average molecular weight is 381 g/mol. The number of ether oxygens (including phenoxy) is 1. The molecule has 6 heteroatoms. The summed E-state index contributed by atoms with van der Waals surface area (Å²) in [5, 5.41) is 0. The Balaban J connectivity index is 1.92. The van der Waals surface area contributed by atoms with Gasteiger partial charge in [0.2, 0.25) is 0 Å². The lowest BCUT2D eigenvalue weighted by atomic mass is 10.1. The van der Waals surface area contributed by atoms with Crippen LogP contribution in [0.25, 0.3) is 6.08 Å². The molecule has 0 aliphatic carbocycles. The summed E-state index contributed by atoms with van der Waals surface area (Å²) >= 11 is 3.20. The molecule has 2 aromatic rings. The predicted octanol–water partition coefficient (Wildman–Crippen LogP) is 4.17. The van der Waals surface area contributed by atoms with Crippen LogP contribution in [0.4, 0.5) is 8.78 Å². The molecule has 0 fully saturated rings. The largest absolute Gasteiger partial charge is 0.454 e. The molecule has 0 radical (unpaired) electrons. The van der Waals surface area contributed by atoms with E-state index in [2.05, 4.69) is 15.9 Å². The molecule has 0 saturated carbocycles. The lowest BCUT2D eigenvalue weighted by Gasteiger charge is -2.02. The van der Waals surface area contributed by atoms with Crippen molar-refractivity contribution in [3.63, 3.8) is 0 Å². The lowest BCUT2D eigenvalue weighted by molar-refractivity contribution is -0.136. The third-order valence-corrected chi connectivity index (χ3v) is 3.36. The number of esters is 1. The summed E-state index contributed by atoms with van der Waals surface area (Å²) in [6, 6.07) is 9.19. The Morgan fingerprint density at radius 2 is 1.78 bits per heavy atom. The van der Waals surface area contributed by atoms with Crippen molar-refractivity contribution in [2.24, 2.45) is 0 Å². The van der Waals surface area contributed by atoms with Crippen molar-refractivity contribution in [3.05, 3.63) is 75.8 Å². The van der Waals surface area contributed by atoms with Gasteiger partial charge in [0, 0.05) is 21.7 Å². The van der Waals surface area contributed by atoms with Gasteiger partial charge in [0.25, 0.3) is 0 Å². The van der Waals surface area contributed by atoms with E-state index in [1.165, 1.54) is 36.4 Å². The second kappa shape index (κ2) is 7.78. The first kappa shape index (κ1) is 17.0. The SMILES string of the molecule is O=C(/C=C/c1cc(Br)ccc1F)OCC(=O)c1ccc(F)cc1. The van der Waals surface area contributed by atoms with Crippen LogP contribution in [-0.4, -0.2) is 18.4 Å². The summed E-state index contributed by atoms with van der Waals surface area (Å²) in [6.45, 7) is -0.476. The second-order valence-electron chi connectivity index (χ2n) is 4.54. The fourth-order valence-corrected chi connectivity index (χ4v) is 2.08. The maximum atomic E-state index is 13.5. The van der Waals surface area contributed by atoms with E-state index in [4.69, 9.17) is 4.74 Å². The molecule has 0 spiro atoms. The molecule has 0 saturated heterocycles. The molecule has 0 unspecified atom stereocenters. The van der Waals surface area contributed by atoms with Crippen molar-refractivity contribution in [3.8, 4) is 0 Å². The summed E-state index contributed by atoms with van der Waals surface area (Å²) in [6.07, 6.45) is 2.29. The summed E-state index contributed by atoms with van der Waals surface area (Å²) in [4.78, 5) is 23.3. The number of carbonyl (C=O) groups is 2. The minimum Gasteiger partial charge on any atom is -0.454 e. The molecule has 0 aromatic heterocycles. The van der Waals surface area contributed by atoms with Crippen molar-refractivity contribution in [1.29, 1.82) is 0 Å². The van der Waals surface area contributed by atoms with Crippen molar-refractivity contribution in [2.45, 2.75) is 0 Å². The van der Waals surface area contributed by atoms with Gasteiger partial charge in [-0.15, -0.1) is 0 Å². The molecule has 23 heavy (non-hydrogen) atoms. The van der Waals surface area contributed by atoms with Crippen LogP contribution >= 0.6 is 15.9 Å². The van der Waals surface area contributed by atoms with Crippen molar-refractivity contribution in [2.75, 3.05) is 6.61 Å². The van der Waals surface area contributed by atoms with Gasteiger partial charge in [0.05, 0.1) is 0 Å². The topological polar surface area (TPSA) is 43.4 Å². The number of ketones is 1. The van der Waals surface area contributed by atoms with E-state index in [-0.39, 0.29) is 11.1 Å². The first-order chi connectivity index (χ1) is 11.0. The van der Waals surface area contributed by atoms with E-state index in [0.29, 0.717) is 4.47 Å². The Morgan fingerprint density at radius 1 is 1.09 bits per heavy atom. The van der Waals surface area contributed by atoms with Crippen molar-refractivity contribution in [1.82, 2.24) is 0 Å². The van der Waals surface area contributed by atoms with Gasteiger partial charge in [-0.05, 0) is 48.5 Å². The summed E-state index contributed by atoms with van der Waals surface area (Å²) in [5.41, 5.74) is 0.447. The van der Waals surface area contributed by atoms with Crippen LogP contribution in [0, 0.1) is 11.6 Å².